The van der Waals surface area contributed by atoms with Crippen molar-refractivity contribution < 1.29 is 9.47 Å². The van der Waals surface area contributed by atoms with Crippen LogP contribution in [0.15, 0.2) is 35.3 Å². The third-order valence-corrected chi connectivity index (χ3v) is 4.97. The molecule has 0 aliphatic carbocycles. The number of nitrogens with one attached hydrogen (secondary N) is 2. The summed E-state index contributed by atoms with van der Waals surface area (Å²) in [6.45, 7) is 9.07. The molecule has 0 aromatic heterocycles. The lowest BCUT2D eigenvalue weighted by molar-refractivity contribution is 0.0689. The van der Waals surface area contributed by atoms with Crippen molar-refractivity contribution in [3.63, 3.8) is 0 Å². The monoisotopic (exact) mass is 518 g/mol. The number of guanidine groups is 1. The van der Waals surface area contributed by atoms with Crippen molar-refractivity contribution >= 4 is 29.9 Å². The number of likely N-dealkylation sites (tertiary alicyclic amines) is 1. The van der Waals surface area contributed by atoms with Gasteiger partial charge >= 0.3 is 0 Å². The van der Waals surface area contributed by atoms with Crippen LogP contribution in [-0.2, 0) is 16.0 Å². The van der Waals surface area contributed by atoms with Gasteiger partial charge in [0.1, 0.15) is 0 Å². The molecule has 1 aromatic rings. The third-order valence-electron chi connectivity index (χ3n) is 4.97. The minimum Gasteiger partial charge on any atom is -0.382 e. The van der Waals surface area contributed by atoms with E-state index >= 15 is 0 Å². The van der Waals surface area contributed by atoms with E-state index in [9.17, 15) is 0 Å². The Hall–Kier alpha value is -0.900. The van der Waals surface area contributed by atoms with Crippen LogP contribution in [0.4, 0.5) is 0 Å². The van der Waals surface area contributed by atoms with Crippen LogP contribution in [0.2, 0.25) is 0 Å². The van der Waals surface area contributed by atoms with Crippen LogP contribution in [0.5, 0.6) is 0 Å². The summed E-state index contributed by atoms with van der Waals surface area (Å²) in [6.07, 6.45) is 4.61. The molecule has 0 saturated carbocycles. The molecule has 166 valence electrons. The number of unbranched alkanes of at least 4 members (excludes halogenated alkanes) is 1. The second kappa shape index (κ2) is 16.8. The molecule has 1 aliphatic rings. The summed E-state index contributed by atoms with van der Waals surface area (Å²) in [5.74, 6) is 0.925. The number of hydrogen-bond acceptors (Lipinski definition) is 4. The van der Waals surface area contributed by atoms with Crippen LogP contribution in [0, 0.1) is 0 Å². The summed E-state index contributed by atoms with van der Waals surface area (Å²) in [4.78, 5) is 7.42. The highest BCUT2D eigenvalue weighted by Crippen LogP contribution is 2.20. The van der Waals surface area contributed by atoms with Gasteiger partial charge in [0.25, 0.3) is 0 Å². The minimum atomic E-state index is 0. The Labute approximate surface area is 193 Å². The fourth-order valence-corrected chi connectivity index (χ4v) is 3.45. The first-order valence-corrected chi connectivity index (χ1v) is 10.7. The third kappa shape index (κ3) is 11.2. The lowest BCUT2D eigenvalue weighted by Gasteiger charge is -2.23. The number of benzene rings is 1. The van der Waals surface area contributed by atoms with E-state index in [1.165, 1.54) is 24.9 Å². The van der Waals surface area contributed by atoms with Crippen LogP contribution in [-0.4, -0.2) is 70.0 Å². The highest BCUT2D eigenvalue weighted by molar-refractivity contribution is 14.0. The van der Waals surface area contributed by atoms with Gasteiger partial charge in [0.15, 0.2) is 5.96 Å². The number of nitrogens with zero attached hydrogens (tertiary/aromatic N) is 2. The second-order valence-corrected chi connectivity index (χ2v) is 7.21. The van der Waals surface area contributed by atoms with Crippen molar-refractivity contribution in [3.05, 3.63) is 35.9 Å². The van der Waals surface area contributed by atoms with Crippen molar-refractivity contribution in [2.24, 2.45) is 4.99 Å². The normalized spacial score (nSPS) is 17.2. The van der Waals surface area contributed by atoms with Gasteiger partial charge in [-0.2, -0.15) is 0 Å². The van der Waals surface area contributed by atoms with Crippen molar-refractivity contribution in [2.45, 2.75) is 45.2 Å². The van der Waals surface area contributed by atoms with Crippen LogP contribution >= 0.6 is 24.0 Å². The number of halogens is 1. The Bertz CT molecular complexity index is 545. The summed E-state index contributed by atoms with van der Waals surface area (Å²) in [5.41, 5.74) is 1.39. The van der Waals surface area contributed by atoms with Gasteiger partial charge in [-0.05, 0) is 44.7 Å². The van der Waals surface area contributed by atoms with E-state index in [-0.39, 0.29) is 24.0 Å². The Balaban J connectivity index is 0.00000420. The topological polar surface area (TPSA) is 58.1 Å². The van der Waals surface area contributed by atoms with E-state index in [1.807, 2.05) is 0 Å². The first-order chi connectivity index (χ1) is 13.8. The van der Waals surface area contributed by atoms with E-state index in [2.05, 4.69) is 52.8 Å². The first-order valence-electron chi connectivity index (χ1n) is 10.7. The van der Waals surface area contributed by atoms with Crippen molar-refractivity contribution in [1.82, 2.24) is 15.5 Å². The fraction of sp³-hybridized carbons (Fsp3) is 0.682. The maximum Gasteiger partial charge on any atom is 0.191 e. The number of rotatable bonds is 13. The van der Waals surface area contributed by atoms with E-state index in [0.717, 1.165) is 51.6 Å². The molecule has 1 atom stereocenters. The quantitative estimate of drug-likeness (QED) is 0.182. The molecule has 1 heterocycles. The molecule has 0 spiro atoms. The van der Waals surface area contributed by atoms with Crippen LogP contribution in [0.3, 0.4) is 0 Å². The predicted octanol–water partition coefficient (Wildman–Crippen LogP) is 3.27. The largest absolute Gasteiger partial charge is 0.382 e. The van der Waals surface area contributed by atoms with E-state index in [0.29, 0.717) is 19.3 Å². The zero-order valence-corrected chi connectivity index (χ0v) is 20.4. The average Bonchev–Trinajstić information content (AvgIpc) is 3.15. The molecule has 2 N–H and O–H groups in total. The molecule has 1 aromatic carbocycles. The van der Waals surface area contributed by atoms with Gasteiger partial charge in [-0.25, -0.2) is 0 Å². The Morgan fingerprint density at radius 3 is 2.72 bits per heavy atom. The molecule has 1 saturated heterocycles. The zero-order chi connectivity index (χ0) is 19.9. The maximum absolute atomic E-state index is 5.50. The van der Waals surface area contributed by atoms with E-state index in [4.69, 9.17) is 14.5 Å². The fourth-order valence-electron chi connectivity index (χ4n) is 3.45. The minimum absolute atomic E-state index is 0. The molecule has 0 radical (unpaired) electrons. The predicted molar refractivity (Wildman–Crippen MR) is 131 cm³/mol. The summed E-state index contributed by atoms with van der Waals surface area (Å²) in [5, 5.41) is 6.81. The molecule has 1 fully saturated rings. The molecule has 2 rings (SSSR count). The molecule has 6 nitrogen and oxygen atoms in total. The Kier molecular flexibility index (Phi) is 15.2. The highest BCUT2D eigenvalue weighted by atomic mass is 127. The van der Waals surface area contributed by atoms with Gasteiger partial charge in [-0.15, -0.1) is 24.0 Å². The molecule has 7 heteroatoms. The van der Waals surface area contributed by atoms with Crippen molar-refractivity contribution in [2.75, 3.05) is 53.1 Å². The SMILES string of the molecule is CCNC(=NCC1CCCN1Cc1ccccc1)NCCCCOCCOC.I. The molecule has 29 heavy (non-hydrogen) atoms. The summed E-state index contributed by atoms with van der Waals surface area (Å²) in [7, 11) is 1.70. The summed E-state index contributed by atoms with van der Waals surface area (Å²) >= 11 is 0. The molecule has 1 aliphatic heterocycles. The summed E-state index contributed by atoms with van der Waals surface area (Å²) in [6, 6.07) is 11.3. The van der Waals surface area contributed by atoms with Crippen molar-refractivity contribution in [1.29, 1.82) is 0 Å². The maximum atomic E-state index is 5.50. The summed E-state index contributed by atoms with van der Waals surface area (Å²) < 4.78 is 10.5. The molecular formula is C22H39IN4O2. The smallest absolute Gasteiger partial charge is 0.191 e. The number of hydrogen-bond donors (Lipinski definition) is 2. The number of ether oxygens (including phenoxy) is 2. The second-order valence-electron chi connectivity index (χ2n) is 7.21. The molecular weight excluding hydrogens is 479 g/mol. The number of aliphatic imine (C=N–C) groups is 1. The van der Waals surface area contributed by atoms with Gasteiger partial charge < -0.3 is 20.1 Å². The average molecular weight is 518 g/mol. The lowest BCUT2D eigenvalue weighted by atomic mass is 10.2. The standard InChI is InChI=1S/C22H38N4O2.HI/c1-3-23-22(24-13-7-8-15-28-17-16-27-2)25-18-21-12-9-14-26(21)19-20-10-5-4-6-11-20;/h4-6,10-11,21H,3,7-9,12-19H2,1-2H3,(H2,23,24,25);1H. The molecule has 1 unspecified atom stereocenters. The zero-order valence-electron chi connectivity index (χ0n) is 18.1. The highest BCUT2D eigenvalue weighted by Gasteiger charge is 2.24. The van der Waals surface area contributed by atoms with Gasteiger partial charge in [0, 0.05) is 39.4 Å². The lowest BCUT2D eigenvalue weighted by Crippen LogP contribution is -2.39. The van der Waals surface area contributed by atoms with Gasteiger partial charge in [0.05, 0.1) is 19.8 Å². The van der Waals surface area contributed by atoms with Crippen molar-refractivity contribution in [3.8, 4) is 0 Å². The van der Waals surface area contributed by atoms with E-state index < -0.39 is 0 Å². The van der Waals surface area contributed by atoms with Gasteiger partial charge in [0.2, 0.25) is 0 Å². The molecule has 0 amide bonds. The van der Waals surface area contributed by atoms with Gasteiger partial charge in [-0.1, -0.05) is 30.3 Å². The Morgan fingerprint density at radius 1 is 1.14 bits per heavy atom. The Morgan fingerprint density at radius 2 is 1.97 bits per heavy atom. The van der Waals surface area contributed by atoms with Crippen LogP contribution in [0.1, 0.15) is 38.2 Å². The van der Waals surface area contributed by atoms with Gasteiger partial charge in [-0.3, -0.25) is 9.89 Å². The molecule has 0 bridgehead atoms. The number of methoxy groups -OCH3 is 1. The van der Waals surface area contributed by atoms with Crippen LogP contribution < -0.4 is 10.6 Å². The van der Waals surface area contributed by atoms with E-state index in [1.54, 1.807) is 7.11 Å². The first kappa shape index (κ1) is 26.1. The van der Waals surface area contributed by atoms with Crippen LogP contribution in [0.25, 0.3) is 0 Å².